The molecule has 2 atom stereocenters. The number of carbonyl (C=O) groups excluding carboxylic acids is 1. The van der Waals surface area contributed by atoms with E-state index in [2.05, 4.69) is 37.2 Å². The first kappa shape index (κ1) is 25.4. The maximum atomic E-state index is 12.1. The predicted molar refractivity (Wildman–Crippen MR) is 152 cm³/mol. The van der Waals surface area contributed by atoms with Gasteiger partial charge in [0, 0.05) is 48.3 Å². The van der Waals surface area contributed by atoms with E-state index in [-0.39, 0.29) is 24.6 Å². The summed E-state index contributed by atoms with van der Waals surface area (Å²) in [4.78, 5) is 18.9. The lowest BCUT2D eigenvalue weighted by atomic mass is 10.00. The van der Waals surface area contributed by atoms with E-state index in [1.165, 1.54) is 7.11 Å². The Morgan fingerprint density at radius 1 is 1.05 bits per heavy atom. The number of anilines is 2. The lowest BCUT2D eigenvalue weighted by Gasteiger charge is -2.29. The molecule has 38 heavy (non-hydrogen) atoms. The minimum Gasteiger partial charge on any atom is -0.497 e. The van der Waals surface area contributed by atoms with Crippen LogP contribution in [0.1, 0.15) is 29.0 Å². The van der Waals surface area contributed by atoms with Crippen molar-refractivity contribution in [1.29, 1.82) is 0 Å². The number of benzene rings is 2. The van der Waals surface area contributed by atoms with Crippen LogP contribution in [0.2, 0.25) is 0 Å². The summed E-state index contributed by atoms with van der Waals surface area (Å²) in [5.74, 6) is 0.577. The number of pyridine rings is 1. The van der Waals surface area contributed by atoms with Crippen LogP contribution in [-0.2, 0) is 9.53 Å². The van der Waals surface area contributed by atoms with Crippen molar-refractivity contribution in [3.05, 3.63) is 102 Å². The van der Waals surface area contributed by atoms with Gasteiger partial charge in [-0.1, -0.05) is 12.1 Å². The van der Waals surface area contributed by atoms with Crippen molar-refractivity contribution in [2.75, 3.05) is 31.0 Å². The molecule has 1 saturated heterocycles. The van der Waals surface area contributed by atoms with Crippen LogP contribution in [0.3, 0.4) is 0 Å². The first-order valence-electron chi connectivity index (χ1n) is 12.2. The van der Waals surface area contributed by atoms with Crippen LogP contribution < -0.4 is 20.3 Å². The van der Waals surface area contributed by atoms with E-state index in [1.807, 2.05) is 73.8 Å². The van der Waals surface area contributed by atoms with Crippen molar-refractivity contribution >= 4 is 34.6 Å². The smallest absolute Gasteiger partial charge is 0.250 e. The molecule has 3 heterocycles. The van der Waals surface area contributed by atoms with Crippen molar-refractivity contribution in [3.8, 4) is 11.4 Å². The summed E-state index contributed by atoms with van der Waals surface area (Å²) in [6.45, 7) is 1.96. The molecule has 4 aromatic rings. The summed E-state index contributed by atoms with van der Waals surface area (Å²) >= 11 is 5.90. The Morgan fingerprint density at radius 2 is 1.92 bits per heavy atom. The molecule has 5 rings (SSSR count). The van der Waals surface area contributed by atoms with Gasteiger partial charge in [0.15, 0.2) is 5.11 Å². The molecule has 2 N–H and O–H groups in total. The fourth-order valence-electron chi connectivity index (χ4n) is 4.82. The normalized spacial score (nSPS) is 16.8. The average Bonchev–Trinajstić information content (AvgIpc) is 3.55. The molecular formula is C29H29N5O3S. The van der Waals surface area contributed by atoms with Crippen molar-refractivity contribution in [1.82, 2.24) is 14.9 Å². The Morgan fingerprint density at radius 3 is 2.66 bits per heavy atom. The highest BCUT2D eigenvalue weighted by Crippen LogP contribution is 2.43. The number of carbonyl (C=O) groups is 1. The maximum absolute atomic E-state index is 12.1. The van der Waals surface area contributed by atoms with Crippen LogP contribution >= 0.6 is 12.2 Å². The minimum absolute atomic E-state index is 0.00356. The first-order chi connectivity index (χ1) is 18.5. The van der Waals surface area contributed by atoms with E-state index in [1.54, 1.807) is 13.3 Å². The summed E-state index contributed by atoms with van der Waals surface area (Å²) < 4.78 is 12.6. The first-order valence-corrected chi connectivity index (χ1v) is 12.6. The third-order valence-electron chi connectivity index (χ3n) is 6.55. The molecule has 9 heteroatoms. The van der Waals surface area contributed by atoms with Crippen LogP contribution in [0.15, 0.2) is 85.2 Å². The Balaban J connectivity index is 1.59. The Labute approximate surface area is 227 Å². The van der Waals surface area contributed by atoms with Gasteiger partial charge in [-0.05, 0) is 79.3 Å². The number of methoxy groups -OCH3 is 2. The number of rotatable bonds is 8. The van der Waals surface area contributed by atoms with Gasteiger partial charge in [0.25, 0.3) is 0 Å². The molecule has 0 aliphatic carbocycles. The van der Waals surface area contributed by atoms with Crippen molar-refractivity contribution in [2.45, 2.75) is 19.0 Å². The largest absolute Gasteiger partial charge is 0.497 e. The molecule has 0 saturated carbocycles. The molecule has 194 valence electrons. The Bertz CT molecular complexity index is 1460. The number of aryl methyl sites for hydroxylation is 1. The van der Waals surface area contributed by atoms with E-state index in [4.69, 9.17) is 21.7 Å². The van der Waals surface area contributed by atoms with Gasteiger partial charge < -0.3 is 29.6 Å². The SMILES string of the molecule is COCC(=O)Nc1ccc(N2C(=S)N[C@H](c3ccccn3)[C@H]2c2cccn2-c2cccc(OC)c2)cc1C. The summed E-state index contributed by atoms with van der Waals surface area (Å²) in [5, 5.41) is 7.01. The second-order valence-corrected chi connectivity index (χ2v) is 9.37. The van der Waals surface area contributed by atoms with Gasteiger partial charge in [0.1, 0.15) is 18.4 Å². The summed E-state index contributed by atoms with van der Waals surface area (Å²) in [6, 6.07) is 23.5. The third kappa shape index (κ3) is 4.98. The van der Waals surface area contributed by atoms with E-state index in [0.29, 0.717) is 5.11 Å². The standard InChI is InChI=1S/C29H29N5O3S/c1-19-16-21(12-13-23(19)31-26(35)18-36-2)34-28(27(32-29(34)38)24-10-4-5-14-30-24)25-11-7-15-33(25)20-8-6-9-22(17-20)37-3/h4-17,27-28H,18H2,1-3H3,(H,31,35)(H,32,38)/t27-,28-/m1/s1. The van der Waals surface area contributed by atoms with Gasteiger partial charge in [-0.2, -0.15) is 0 Å². The second-order valence-electron chi connectivity index (χ2n) is 8.98. The number of thiocarbonyl (C=S) groups is 1. The lowest BCUT2D eigenvalue weighted by molar-refractivity contribution is -0.119. The van der Waals surface area contributed by atoms with Gasteiger partial charge in [0.2, 0.25) is 5.91 Å². The van der Waals surface area contributed by atoms with E-state index >= 15 is 0 Å². The number of hydrogen-bond donors (Lipinski definition) is 2. The number of amides is 1. The molecule has 0 bridgehead atoms. The third-order valence-corrected chi connectivity index (χ3v) is 6.87. The molecule has 2 aromatic heterocycles. The fraction of sp³-hybridized carbons (Fsp3) is 0.207. The monoisotopic (exact) mass is 527 g/mol. The van der Waals surface area contributed by atoms with E-state index in [9.17, 15) is 4.79 Å². The fourth-order valence-corrected chi connectivity index (χ4v) is 5.17. The van der Waals surface area contributed by atoms with Crippen LogP contribution in [0.25, 0.3) is 5.69 Å². The zero-order valence-corrected chi connectivity index (χ0v) is 22.2. The van der Waals surface area contributed by atoms with Crippen LogP contribution in [0, 0.1) is 6.92 Å². The number of hydrogen-bond acceptors (Lipinski definition) is 5. The maximum Gasteiger partial charge on any atom is 0.250 e. The summed E-state index contributed by atoms with van der Waals surface area (Å²) in [5.41, 5.74) is 5.46. The number of nitrogens with one attached hydrogen (secondary N) is 2. The van der Waals surface area contributed by atoms with Gasteiger partial charge in [-0.25, -0.2) is 0 Å². The molecule has 0 radical (unpaired) electrons. The van der Waals surface area contributed by atoms with Gasteiger partial charge in [0.05, 0.1) is 18.8 Å². The molecular weight excluding hydrogens is 498 g/mol. The van der Waals surface area contributed by atoms with Crippen LogP contribution in [-0.4, -0.2) is 41.4 Å². The summed E-state index contributed by atoms with van der Waals surface area (Å²) in [7, 11) is 3.16. The van der Waals surface area contributed by atoms with Gasteiger partial charge >= 0.3 is 0 Å². The zero-order chi connectivity index (χ0) is 26.6. The summed E-state index contributed by atoms with van der Waals surface area (Å²) in [6.07, 6.45) is 3.83. The number of ether oxygens (including phenoxy) is 2. The molecule has 1 fully saturated rings. The molecule has 1 amide bonds. The van der Waals surface area contributed by atoms with Gasteiger partial charge in [-0.15, -0.1) is 0 Å². The number of aromatic nitrogens is 2. The molecule has 8 nitrogen and oxygen atoms in total. The highest BCUT2D eigenvalue weighted by molar-refractivity contribution is 7.80. The topological polar surface area (TPSA) is 80.7 Å². The van der Waals surface area contributed by atoms with Crippen molar-refractivity contribution in [2.24, 2.45) is 0 Å². The van der Waals surface area contributed by atoms with Crippen molar-refractivity contribution in [3.63, 3.8) is 0 Å². The predicted octanol–water partition coefficient (Wildman–Crippen LogP) is 4.95. The van der Waals surface area contributed by atoms with Crippen molar-refractivity contribution < 1.29 is 14.3 Å². The zero-order valence-electron chi connectivity index (χ0n) is 21.4. The highest BCUT2D eigenvalue weighted by Gasteiger charge is 2.42. The molecule has 2 aromatic carbocycles. The van der Waals surface area contributed by atoms with Crippen LogP contribution in [0.4, 0.5) is 11.4 Å². The molecule has 1 aliphatic heterocycles. The van der Waals surface area contributed by atoms with E-state index in [0.717, 1.165) is 39.8 Å². The number of nitrogens with zero attached hydrogens (tertiary/aromatic N) is 3. The van der Waals surface area contributed by atoms with Gasteiger partial charge in [-0.3, -0.25) is 9.78 Å². The molecule has 0 spiro atoms. The van der Waals surface area contributed by atoms with E-state index < -0.39 is 0 Å². The quantitative estimate of drug-likeness (QED) is 0.314. The molecule has 1 aliphatic rings. The second kappa shape index (κ2) is 11.0. The molecule has 0 unspecified atom stereocenters. The lowest BCUT2D eigenvalue weighted by Crippen LogP contribution is -2.30. The highest BCUT2D eigenvalue weighted by atomic mass is 32.1. The Kier molecular flexibility index (Phi) is 7.39. The Hall–Kier alpha value is -4.21. The van der Waals surface area contributed by atoms with Crippen LogP contribution in [0.5, 0.6) is 5.75 Å². The average molecular weight is 528 g/mol. The minimum atomic E-state index is -0.203.